The van der Waals surface area contributed by atoms with Crippen LogP contribution in [0.15, 0.2) is 11.2 Å². The first-order chi connectivity index (χ1) is 9.67. The van der Waals surface area contributed by atoms with Gasteiger partial charge in [0.2, 0.25) is 5.91 Å². The smallest absolute Gasteiger partial charge is 0.321 e. The van der Waals surface area contributed by atoms with Crippen LogP contribution in [0.4, 0.5) is 0 Å². The van der Waals surface area contributed by atoms with Gasteiger partial charge in [-0.05, 0) is 20.3 Å². The second-order valence-electron chi connectivity index (χ2n) is 4.43. The number of carboxylic acid groups (broad SMARTS) is 1. The Labute approximate surface area is 122 Å². The average Bonchev–Trinajstić information content (AvgIpc) is 2.76. The fraction of sp³-hybridized carbons (Fsp3) is 0.545. The molecule has 0 unspecified atom stereocenters. The molecule has 21 heavy (non-hydrogen) atoms. The van der Waals surface area contributed by atoms with Gasteiger partial charge in [0.1, 0.15) is 11.9 Å². The van der Waals surface area contributed by atoms with Crippen molar-refractivity contribution in [1.82, 2.24) is 14.3 Å². The molecule has 0 spiro atoms. The number of nitrogens with one attached hydrogen (secondary N) is 1. The van der Waals surface area contributed by atoms with Crippen LogP contribution in [-0.4, -0.2) is 41.0 Å². The largest absolute Gasteiger partial charge is 0.480 e. The molecule has 1 atom stereocenters. The molecule has 118 valence electrons. The molecule has 10 heteroatoms. The summed E-state index contributed by atoms with van der Waals surface area (Å²) in [5, 5.41) is 8.74. The lowest BCUT2D eigenvalue weighted by Crippen LogP contribution is -2.41. The van der Waals surface area contributed by atoms with Gasteiger partial charge in [-0.3, -0.25) is 9.59 Å². The van der Waals surface area contributed by atoms with E-state index in [4.69, 9.17) is 10.8 Å². The molecule has 1 rings (SSSR count). The van der Waals surface area contributed by atoms with Gasteiger partial charge in [-0.25, -0.2) is 13.4 Å². The van der Waals surface area contributed by atoms with Gasteiger partial charge in [-0.2, -0.15) is 4.72 Å². The van der Waals surface area contributed by atoms with Crippen LogP contribution in [0.3, 0.4) is 0 Å². The third-order valence-corrected chi connectivity index (χ3v) is 4.19. The van der Waals surface area contributed by atoms with Crippen LogP contribution in [0, 0.1) is 6.92 Å². The Hall–Kier alpha value is -1.94. The molecular weight excluding hydrogens is 300 g/mol. The molecule has 0 bridgehead atoms. The van der Waals surface area contributed by atoms with Crippen molar-refractivity contribution in [3.05, 3.63) is 12.0 Å². The van der Waals surface area contributed by atoms with Gasteiger partial charge >= 0.3 is 5.97 Å². The van der Waals surface area contributed by atoms with E-state index in [9.17, 15) is 18.0 Å². The molecule has 0 fully saturated rings. The molecule has 1 aromatic heterocycles. The topological polar surface area (TPSA) is 144 Å². The quantitative estimate of drug-likeness (QED) is 0.572. The van der Waals surface area contributed by atoms with Crippen LogP contribution in [0.2, 0.25) is 0 Å². The van der Waals surface area contributed by atoms with Gasteiger partial charge in [0.05, 0.1) is 0 Å². The number of imidazole rings is 1. The predicted molar refractivity (Wildman–Crippen MR) is 72.8 cm³/mol. The molecule has 0 aliphatic rings. The zero-order chi connectivity index (χ0) is 16.2. The summed E-state index contributed by atoms with van der Waals surface area (Å²) in [5.74, 6) is -1.58. The zero-order valence-corrected chi connectivity index (χ0v) is 12.6. The lowest BCUT2D eigenvalue weighted by molar-refractivity contribution is -0.139. The number of carbonyl (C=O) groups excluding carboxylic acids is 1. The Morgan fingerprint density at radius 2 is 2.14 bits per heavy atom. The predicted octanol–water partition coefficient (Wildman–Crippen LogP) is -0.792. The number of sulfonamides is 1. The summed E-state index contributed by atoms with van der Waals surface area (Å²) in [7, 11) is -4.08. The first-order valence-corrected chi connectivity index (χ1v) is 7.73. The van der Waals surface area contributed by atoms with E-state index >= 15 is 0 Å². The SMILES string of the molecule is CCn1cc(S(=O)(=O)N[C@@H](CCC(N)=O)C(=O)O)nc1C. The second kappa shape index (κ2) is 6.68. The minimum Gasteiger partial charge on any atom is -0.480 e. The van der Waals surface area contributed by atoms with Crippen LogP contribution in [0.5, 0.6) is 0 Å². The van der Waals surface area contributed by atoms with E-state index in [1.807, 2.05) is 11.6 Å². The first kappa shape index (κ1) is 17.1. The fourth-order valence-electron chi connectivity index (χ4n) is 1.70. The Kier molecular flexibility index (Phi) is 5.44. The van der Waals surface area contributed by atoms with Crippen molar-refractivity contribution in [1.29, 1.82) is 0 Å². The summed E-state index contributed by atoms with van der Waals surface area (Å²) in [5.41, 5.74) is 4.93. The van der Waals surface area contributed by atoms with Crippen LogP contribution >= 0.6 is 0 Å². The van der Waals surface area contributed by atoms with E-state index < -0.39 is 27.9 Å². The average molecular weight is 318 g/mol. The molecule has 0 saturated heterocycles. The molecule has 1 aromatic rings. The van der Waals surface area contributed by atoms with Gasteiger partial charge in [0, 0.05) is 19.2 Å². The van der Waals surface area contributed by atoms with Crippen molar-refractivity contribution in [3.8, 4) is 0 Å². The Bertz CT molecular complexity index is 637. The summed E-state index contributed by atoms with van der Waals surface area (Å²) in [6, 6.07) is -1.44. The zero-order valence-electron chi connectivity index (χ0n) is 11.7. The maximum atomic E-state index is 12.1. The summed E-state index contributed by atoms with van der Waals surface area (Å²) < 4.78 is 27.9. The monoisotopic (exact) mass is 318 g/mol. The van der Waals surface area contributed by atoms with E-state index in [1.165, 1.54) is 6.20 Å². The number of amides is 1. The molecular formula is C11H18N4O5S. The molecule has 0 aliphatic carbocycles. The number of nitrogens with two attached hydrogens (primary N) is 1. The summed E-state index contributed by atoms with van der Waals surface area (Å²) >= 11 is 0. The summed E-state index contributed by atoms with van der Waals surface area (Å²) in [4.78, 5) is 25.6. The highest BCUT2D eigenvalue weighted by Crippen LogP contribution is 2.11. The number of carboxylic acids is 1. The molecule has 4 N–H and O–H groups in total. The first-order valence-electron chi connectivity index (χ1n) is 6.24. The number of aromatic nitrogens is 2. The third-order valence-electron chi connectivity index (χ3n) is 2.84. The Balaban J connectivity index is 2.94. The maximum absolute atomic E-state index is 12.1. The summed E-state index contributed by atoms with van der Waals surface area (Å²) in [6.45, 7) is 4.01. The van der Waals surface area contributed by atoms with Crippen LogP contribution < -0.4 is 10.5 Å². The third kappa shape index (κ3) is 4.53. The van der Waals surface area contributed by atoms with E-state index in [-0.39, 0.29) is 17.9 Å². The van der Waals surface area contributed by atoms with Gasteiger partial charge in [0.15, 0.2) is 5.03 Å². The highest BCUT2D eigenvalue weighted by molar-refractivity contribution is 7.89. The molecule has 0 saturated carbocycles. The number of aryl methyl sites for hydroxylation is 2. The molecule has 1 heterocycles. The van der Waals surface area contributed by atoms with E-state index in [0.717, 1.165) is 0 Å². The van der Waals surface area contributed by atoms with Crippen LogP contribution in [0.1, 0.15) is 25.6 Å². The highest BCUT2D eigenvalue weighted by Gasteiger charge is 2.27. The number of hydrogen-bond donors (Lipinski definition) is 3. The van der Waals surface area contributed by atoms with E-state index in [1.54, 1.807) is 11.5 Å². The van der Waals surface area contributed by atoms with Crippen molar-refractivity contribution in [2.24, 2.45) is 5.73 Å². The number of hydrogen-bond acceptors (Lipinski definition) is 5. The minimum atomic E-state index is -4.08. The van der Waals surface area contributed by atoms with Crippen molar-refractivity contribution in [2.75, 3.05) is 0 Å². The van der Waals surface area contributed by atoms with Crippen molar-refractivity contribution in [2.45, 2.75) is 44.3 Å². The van der Waals surface area contributed by atoms with Gasteiger partial charge < -0.3 is 15.4 Å². The van der Waals surface area contributed by atoms with Crippen molar-refractivity contribution in [3.63, 3.8) is 0 Å². The normalized spacial score (nSPS) is 13.0. The fourth-order valence-corrected chi connectivity index (χ4v) is 2.93. The number of aliphatic carboxylic acids is 1. The molecule has 1 amide bonds. The highest BCUT2D eigenvalue weighted by atomic mass is 32.2. The van der Waals surface area contributed by atoms with E-state index in [0.29, 0.717) is 12.4 Å². The summed E-state index contributed by atoms with van der Waals surface area (Å²) in [6.07, 6.45) is 0.865. The van der Waals surface area contributed by atoms with Gasteiger partial charge in [0.25, 0.3) is 10.0 Å². The molecule has 0 aliphatic heterocycles. The molecule has 9 nitrogen and oxygen atoms in total. The van der Waals surface area contributed by atoms with Crippen LogP contribution in [-0.2, 0) is 26.2 Å². The maximum Gasteiger partial charge on any atom is 0.321 e. The second-order valence-corrected chi connectivity index (χ2v) is 6.09. The lowest BCUT2D eigenvalue weighted by atomic mass is 10.2. The Morgan fingerprint density at radius 1 is 1.52 bits per heavy atom. The minimum absolute atomic E-state index is 0.225. The number of nitrogens with zero attached hydrogens (tertiary/aromatic N) is 2. The van der Waals surface area contributed by atoms with Crippen molar-refractivity contribution >= 4 is 21.9 Å². The number of primary amides is 1. The van der Waals surface area contributed by atoms with Gasteiger partial charge in [-0.15, -0.1) is 0 Å². The van der Waals surface area contributed by atoms with Gasteiger partial charge in [-0.1, -0.05) is 0 Å². The van der Waals surface area contributed by atoms with Crippen LogP contribution in [0.25, 0.3) is 0 Å². The Morgan fingerprint density at radius 3 is 2.57 bits per heavy atom. The number of carbonyl (C=O) groups is 2. The lowest BCUT2D eigenvalue weighted by Gasteiger charge is -2.12. The molecule has 0 radical (unpaired) electrons. The molecule has 0 aromatic carbocycles. The standard InChI is InChI=1S/C11H18N4O5S/c1-3-15-6-10(13-7(15)2)21(19,20)14-8(11(17)18)4-5-9(12)16/h6,8,14H,3-5H2,1-2H3,(H2,12,16)(H,17,18)/t8-/m0/s1. The number of rotatable bonds is 8. The van der Waals surface area contributed by atoms with Crippen molar-refractivity contribution < 1.29 is 23.1 Å². The van der Waals surface area contributed by atoms with E-state index in [2.05, 4.69) is 4.98 Å².